The molecule has 34 heavy (non-hydrogen) atoms. The molecular weight excluding hydrogens is 454 g/mol. The van der Waals surface area contributed by atoms with E-state index >= 15 is 0 Å². The molecule has 5 aromatic rings. The minimum Gasteiger partial charge on any atom is -0.463 e. The second kappa shape index (κ2) is 8.99. The Bertz CT molecular complexity index is 1540. The highest BCUT2D eigenvalue weighted by atomic mass is 35.5. The number of amides is 1. The fourth-order valence-corrected chi connectivity index (χ4v) is 3.95. The maximum atomic E-state index is 13.4. The van der Waals surface area contributed by atoms with Crippen LogP contribution in [0.25, 0.3) is 28.0 Å². The van der Waals surface area contributed by atoms with Gasteiger partial charge in [-0.3, -0.25) is 9.59 Å². The molecule has 3 aromatic heterocycles. The van der Waals surface area contributed by atoms with Gasteiger partial charge in [-0.15, -0.1) is 0 Å². The van der Waals surface area contributed by atoms with Crippen LogP contribution in [0.1, 0.15) is 23.2 Å². The lowest BCUT2D eigenvalue weighted by Crippen LogP contribution is -2.32. The van der Waals surface area contributed by atoms with Gasteiger partial charge in [0.05, 0.1) is 29.4 Å². The van der Waals surface area contributed by atoms with Crippen molar-refractivity contribution in [1.82, 2.24) is 24.6 Å². The SMILES string of the molecule is CCN(Cc1nc2ccccc2c(=O)[nH]1)C(=O)c1cc(-c2ccco2)n(-c2cccc(Cl)c2)n1. The molecule has 0 unspecified atom stereocenters. The number of furan rings is 1. The van der Waals surface area contributed by atoms with Crippen LogP contribution in [-0.2, 0) is 6.54 Å². The van der Waals surface area contributed by atoms with Crippen LogP contribution in [0.15, 0.2) is 82.2 Å². The summed E-state index contributed by atoms with van der Waals surface area (Å²) in [6.45, 7) is 2.39. The van der Waals surface area contributed by atoms with Crippen molar-refractivity contribution in [3.05, 3.63) is 99.9 Å². The van der Waals surface area contributed by atoms with E-state index in [0.29, 0.717) is 45.4 Å². The van der Waals surface area contributed by atoms with Gasteiger partial charge < -0.3 is 14.3 Å². The number of aromatic amines is 1. The number of rotatable bonds is 6. The summed E-state index contributed by atoms with van der Waals surface area (Å²) in [6, 6.07) is 19.5. The maximum absolute atomic E-state index is 13.4. The topological polar surface area (TPSA) is 97.0 Å². The van der Waals surface area contributed by atoms with Crippen LogP contribution in [0.2, 0.25) is 5.02 Å². The van der Waals surface area contributed by atoms with E-state index in [9.17, 15) is 9.59 Å². The summed E-state index contributed by atoms with van der Waals surface area (Å²) in [5.41, 5.74) is 1.88. The number of benzene rings is 2. The summed E-state index contributed by atoms with van der Waals surface area (Å²) < 4.78 is 7.20. The molecule has 0 aliphatic carbocycles. The smallest absolute Gasteiger partial charge is 0.274 e. The number of aromatic nitrogens is 4. The van der Waals surface area contributed by atoms with E-state index in [4.69, 9.17) is 16.0 Å². The van der Waals surface area contributed by atoms with Gasteiger partial charge in [-0.2, -0.15) is 5.10 Å². The lowest BCUT2D eigenvalue weighted by atomic mass is 10.2. The lowest BCUT2D eigenvalue weighted by Gasteiger charge is -2.19. The largest absolute Gasteiger partial charge is 0.463 e. The van der Waals surface area contributed by atoms with Crippen molar-refractivity contribution in [3.8, 4) is 17.1 Å². The lowest BCUT2D eigenvalue weighted by molar-refractivity contribution is 0.0742. The molecule has 1 amide bonds. The second-order valence-electron chi connectivity index (χ2n) is 7.63. The van der Waals surface area contributed by atoms with E-state index in [-0.39, 0.29) is 23.7 Å². The van der Waals surface area contributed by atoms with Crippen LogP contribution >= 0.6 is 11.6 Å². The number of halogens is 1. The normalized spacial score (nSPS) is 11.1. The van der Waals surface area contributed by atoms with E-state index in [1.54, 1.807) is 64.4 Å². The summed E-state index contributed by atoms with van der Waals surface area (Å²) >= 11 is 6.18. The van der Waals surface area contributed by atoms with E-state index < -0.39 is 0 Å². The van der Waals surface area contributed by atoms with Gasteiger partial charge in [0, 0.05) is 17.6 Å². The first-order valence-corrected chi connectivity index (χ1v) is 11.1. The second-order valence-corrected chi connectivity index (χ2v) is 8.07. The number of nitrogens with zero attached hydrogens (tertiary/aromatic N) is 4. The molecule has 9 heteroatoms. The molecule has 0 aliphatic rings. The minimum atomic E-state index is -0.299. The quantitative estimate of drug-likeness (QED) is 0.386. The molecule has 0 aliphatic heterocycles. The van der Waals surface area contributed by atoms with Crippen molar-refractivity contribution in [1.29, 1.82) is 0 Å². The van der Waals surface area contributed by atoms with Crippen molar-refractivity contribution in [3.63, 3.8) is 0 Å². The fourth-order valence-electron chi connectivity index (χ4n) is 3.77. The third-order valence-corrected chi connectivity index (χ3v) is 5.66. The van der Waals surface area contributed by atoms with Crippen LogP contribution in [0, 0.1) is 0 Å². The molecule has 0 spiro atoms. The van der Waals surface area contributed by atoms with Gasteiger partial charge in [0.1, 0.15) is 11.5 Å². The van der Waals surface area contributed by atoms with Gasteiger partial charge >= 0.3 is 0 Å². The predicted octanol–water partition coefficient (Wildman–Crippen LogP) is 4.68. The first-order valence-electron chi connectivity index (χ1n) is 10.7. The first kappa shape index (κ1) is 21.7. The average molecular weight is 474 g/mol. The van der Waals surface area contributed by atoms with Crippen LogP contribution in [-0.4, -0.2) is 37.1 Å². The number of fused-ring (bicyclic) bond motifs is 1. The van der Waals surface area contributed by atoms with Gasteiger partial charge in [0.15, 0.2) is 11.5 Å². The van der Waals surface area contributed by atoms with Crippen molar-refractivity contribution < 1.29 is 9.21 Å². The molecular formula is C25H20ClN5O3. The highest BCUT2D eigenvalue weighted by Crippen LogP contribution is 2.26. The Morgan fingerprint density at radius 1 is 1.12 bits per heavy atom. The number of para-hydroxylation sites is 1. The number of carbonyl (C=O) groups excluding carboxylic acids is 1. The third-order valence-electron chi connectivity index (χ3n) is 5.43. The fraction of sp³-hybridized carbons (Fsp3) is 0.120. The van der Waals surface area contributed by atoms with Gasteiger partial charge in [-0.1, -0.05) is 29.8 Å². The average Bonchev–Trinajstić information content (AvgIpc) is 3.52. The Balaban J connectivity index is 1.51. The van der Waals surface area contributed by atoms with Crippen LogP contribution in [0.3, 0.4) is 0 Å². The number of nitrogens with one attached hydrogen (secondary N) is 1. The monoisotopic (exact) mass is 473 g/mol. The van der Waals surface area contributed by atoms with Crippen molar-refractivity contribution in [2.45, 2.75) is 13.5 Å². The molecule has 1 N–H and O–H groups in total. The zero-order valence-corrected chi connectivity index (χ0v) is 19.0. The maximum Gasteiger partial charge on any atom is 0.274 e. The molecule has 170 valence electrons. The summed E-state index contributed by atoms with van der Waals surface area (Å²) in [7, 11) is 0. The molecule has 0 radical (unpaired) electrons. The first-order chi connectivity index (χ1) is 16.5. The molecule has 0 atom stereocenters. The predicted molar refractivity (Wildman–Crippen MR) is 129 cm³/mol. The molecule has 8 nitrogen and oxygen atoms in total. The molecule has 0 saturated heterocycles. The number of carbonyl (C=O) groups is 1. The Hall–Kier alpha value is -4.17. The van der Waals surface area contributed by atoms with Crippen LogP contribution in [0.4, 0.5) is 0 Å². The zero-order valence-electron chi connectivity index (χ0n) is 18.2. The molecule has 5 rings (SSSR count). The van der Waals surface area contributed by atoms with Gasteiger partial charge in [0.2, 0.25) is 0 Å². The van der Waals surface area contributed by atoms with Crippen LogP contribution < -0.4 is 5.56 Å². The molecule has 3 heterocycles. The molecule has 0 saturated carbocycles. The van der Waals surface area contributed by atoms with E-state index in [0.717, 1.165) is 0 Å². The minimum absolute atomic E-state index is 0.134. The number of hydrogen-bond acceptors (Lipinski definition) is 5. The highest BCUT2D eigenvalue weighted by Gasteiger charge is 2.23. The number of H-pyrrole nitrogens is 1. The van der Waals surface area contributed by atoms with Gasteiger partial charge in [0.25, 0.3) is 11.5 Å². The van der Waals surface area contributed by atoms with Gasteiger partial charge in [-0.25, -0.2) is 9.67 Å². The van der Waals surface area contributed by atoms with E-state index in [1.807, 2.05) is 25.1 Å². The Kier molecular flexibility index (Phi) is 5.73. The van der Waals surface area contributed by atoms with Crippen molar-refractivity contribution in [2.24, 2.45) is 0 Å². The Morgan fingerprint density at radius 2 is 1.97 bits per heavy atom. The third kappa shape index (κ3) is 4.11. The Morgan fingerprint density at radius 3 is 2.74 bits per heavy atom. The Labute approximate surface area is 199 Å². The molecule has 0 fully saturated rings. The van der Waals surface area contributed by atoms with E-state index in [1.165, 1.54) is 0 Å². The zero-order chi connectivity index (χ0) is 23.7. The van der Waals surface area contributed by atoms with Gasteiger partial charge in [-0.05, 0) is 49.4 Å². The summed E-state index contributed by atoms with van der Waals surface area (Å²) in [4.78, 5) is 34.7. The van der Waals surface area contributed by atoms with Crippen molar-refractivity contribution >= 4 is 28.4 Å². The van der Waals surface area contributed by atoms with Crippen molar-refractivity contribution in [2.75, 3.05) is 6.54 Å². The summed E-state index contributed by atoms with van der Waals surface area (Å²) in [6.07, 6.45) is 1.56. The van der Waals surface area contributed by atoms with Crippen LogP contribution in [0.5, 0.6) is 0 Å². The molecule has 0 bridgehead atoms. The summed E-state index contributed by atoms with van der Waals surface area (Å²) in [5.74, 6) is 0.668. The van der Waals surface area contributed by atoms with E-state index in [2.05, 4.69) is 15.1 Å². The number of hydrogen-bond donors (Lipinski definition) is 1. The standard InChI is InChI=1S/C25H20ClN5O3/c1-2-30(15-23-27-19-10-4-3-9-18(19)24(32)28-23)25(33)20-14-21(22-11-6-12-34-22)31(29-20)17-8-5-7-16(26)13-17/h3-14H,2,15H2,1H3,(H,27,28,32). The molecule has 2 aromatic carbocycles. The highest BCUT2D eigenvalue weighted by molar-refractivity contribution is 6.30. The summed E-state index contributed by atoms with van der Waals surface area (Å²) in [5, 5.41) is 5.62.